The first kappa shape index (κ1) is 15.6. The molecule has 2 aromatic rings. The standard InChI is InChI=1S/C17H21N3O3/c1-19-7-6-18-16(19)11-20-9-14(15(10-20)17(21)22)12-4-3-5-13(8-12)23-2/h3-8,14-15H,9-11H2,1-2H3,(H,21,22)/t14-,15+/m1/s1. The van der Waals surface area contributed by atoms with E-state index in [1.54, 1.807) is 13.3 Å². The Kier molecular flexibility index (Phi) is 4.34. The molecule has 1 fully saturated rings. The maximum atomic E-state index is 11.7. The van der Waals surface area contributed by atoms with E-state index in [2.05, 4.69) is 9.88 Å². The van der Waals surface area contributed by atoms with E-state index in [4.69, 9.17) is 4.74 Å². The molecule has 1 aromatic carbocycles. The van der Waals surface area contributed by atoms with E-state index in [1.807, 2.05) is 42.1 Å². The summed E-state index contributed by atoms with van der Waals surface area (Å²) in [5.74, 6) is 0.500. The maximum absolute atomic E-state index is 11.7. The molecule has 0 amide bonds. The zero-order valence-corrected chi connectivity index (χ0v) is 13.3. The van der Waals surface area contributed by atoms with Crippen LogP contribution in [0, 0.1) is 5.92 Å². The normalized spacial score (nSPS) is 21.5. The minimum Gasteiger partial charge on any atom is -0.497 e. The predicted octanol–water partition coefficient (Wildman–Crippen LogP) is 1.73. The van der Waals surface area contributed by atoms with Crippen molar-refractivity contribution in [3.8, 4) is 5.75 Å². The Morgan fingerprint density at radius 2 is 2.26 bits per heavy atom. The van der Waals surface area contributed by atoms with Crippen molar-refractivity contribution in [2.75, 3.05) is 20.2 Å². The van der Waals surface area contributed by atoms with E-state index in [0.29, 0.717) is 19.6 Å². The van der Waals surface area contributed by atoms with Crippen LogP contribution in [-0.2, 0) is 18.4 Å². The molecule has 0 aliphatic carbocycles. The molecule has 2 atom stereocenters. The van der Waals surface area contributed by atoms with Gasteiger partial charge in [0.15, 0.2) is 0 Å². The molecule has 0 unspecified atom stereocenters. The van der Waals surface area contributed by atoms with Crippen LogP contribution >= 0.6 is 0 Å². The van der Waals surface area contributed by atoms with Crippen LogP contribution in [0.15, 0.2) is 36.7 Å². The number of carbonyl (C=O) groups is 1. The summed E-state index contributed by atoms with van der Waals surface area (Å²) in [6, 6.07) is 7.70. The summed E-state index contributed by atoms with van der Waals surface area (Å²) in [5.41, 5.74) is 1.01. The number of aryl methyl sites for hydroxylation is 1. The third-order valence-corrected chi connectivity index (χ3v) is 4.52. The van der Waals surface area contributed by atoms with Crippen molar-refractivity contribution in [2.45, 2.75) is 12.5 Å². The van der Waals surface area contributed by atoms with E-state index in [9.17, 15) is 9.90 Å². The SMILES string of the molecule is COc1cccc([C@H]2CN(Cc3nccn3C)C[C@@H]2C(=O)O)c1. The summed E-state index contributed by atoms with van der Waals surface area (Å²) >= 11 is 0. The van der Waals surface area contributed by atoms with Gasteiger partial charge >= 0.3 is 5.97 Å². The molecule has 1 N–H and O–H groups in total. The second-order valence-corrected chi connectivity index (χ2v) is 5.98. The van der Waals surface area contributed by atoms with Gasteiger partial charge in [-0.1, -0.05) is 12.1 Å². The van der Waals surface area contributed by atoms with Gasteiger partial charge < -0.3 is 14.4 Å². The Labute approximate surface area is 135 Å². The summed E-state index contributed by atoms with van der Waals surface area (Å²) in [6.07, 6.45) is 3.67. The summed E-state index contributed by atoms with van der Waals surface area (Å²) < 4.78 is 7.23. The molecule has 6 nitrogen and oxygen atoms in total. The highest BCUT2D eigenvalue weighted by Gasteiger charge is 2.38. The van der Waals surface area contributed by atoms with Gasteiger partial charge in [-0.2, -0.15) is 0 Å². The zero-order valence-electron chi connectivity index (χ0n) is 13.3. The lowest BCUT2D eigenvalue weighted by Crippen LogP contribution is -2.24. The van der Waals surface area contributed by atoms with Gasteiger partial charge in [0.2, 0.25) is 0 Å². The molecule has 0 spiro atoms. The molecule has 3 rings (SSSR count). The number of likely N-dealkylation sites (tertiary alicyclic amines) is 1. The number of nitrogens with zero attached hydrogens (tertiary/aromatic N) is 3. The van der Waals surface area contributed by atoms with Crippen molar-refractivity contribution in [2.24, 2.45) is 13.0 Å². The lowest BCUT2D eigenvalue weighted by atomic mass is 9.89. The van der Waals surface area contributed by atoms with Gasteiger partial charge in [-0.3, -0.25) is 9.69 Å². The molecule has 1 aliphatic rings. The van der Waals surface area contributed by atoms with Gasteiger partial charge in [0.25, 0.3) is 0 Å². The molecular weight excluding hydrogens is 294 g/mol. The topological polar surface area (TPSA) is 67.6 Å². The lowest BCUT2D eigenvalue weighted by molar-refractivity contribution is -0.141. The Morgan fingerprint density at radius 3 is 2.91 bits per heavy atom. The number of hydrogen-bond donors (Lipinski definition) is 1. The minimum absolute atomic E-state index is 0.0390. The van der Waals surface area contributed by atoms with Gasteiger partial charge in [-0.05, 0) is 17.7 Å². The summed E-state index contributed by atoms with van der Waals surface area (Å²) in [5, 5.41) is 9.59. The molecule has 6 heteroatoms. The number of benzene rings is 1. The van der Waals surface area contributed by atoms with E-state index >= 15 is 0 Å². The van der Waals surface area contributed by atoms with Gasteiger partial charge in [0.05, 0.1) is 19.6 Å². The van der Waals surface area contributed by atoms with Crippen LogP contribution in [-0.4, -0.2) is 45.7 Å². The largest absolute Gasteiger partial charge is 0.497 e. The summed E-state index contributed by atoms with van der Waals surface area (Å²) in [4.78, 5) is 18.2. The molecule has 1 aromatic heterocycles. The highest BCUT2D eigenvalue weighted by atomic mass is 16.5. The third-order valence-electron chi connectivity index (χ3n) is 4.52. The van der Waals surface area contributed by atoms with Crippen molar-refractivity contribution < 1.29 is 14.6 Å². The van der Waals surface area contributed by atoms with Crippen molar-refractivity contribution in [1.29, 1.82) is 0 Å². The first-order valence-corrected chi connectivity index (χ1v) is 7.64. The maximum Gasteiger partial charge on any atom is 0.308 e. The Hall–Kier alpha value is -2.34. The summed E-state index contributed by atoms with van der Waals surface area (Å²) in [6.45, 7) is 1.90. The quantitative estimate of drug-likeness (QED) is 0.910. The fraction of sp³-hybridized carbons (Fsp3) is 0.412. The molecule has 2 heterocycles. The van der Waals surface area contributed by atoms with Crippen LogP contribution in [0.1, 0.15) is 17.3 Å². The number of carboxylic acids is 1. The molecule has 1 saturated heterocycles. The van der Waals surface area contributed by atoms with Crippen LogP contribution in [0.25, 0.3) is 0 Å². The minimum atomic E-state index is -0.750. The van der Waals surface area contributed by atoms with E-state index in [0.717, 1.165) is 17.1 Å². The number of rotatable bonds is 5. The number of methoxy groups -OCH3 is 1. The van der Waals surface area contributed by atoms with E-state index in [-0.39, 0.29) is 5.92 Å². The predicted molar refractivity (Wildman–Crippen MR) is 85.3 cm³/mol. The fourth-order valence-electron chi connectivity index (χ4n) is 3.22. The number of aliphatic carboxylic acids is 1. The van der Waals surface area contributed by atoms with E-state index < -0.39 is 11.9 Å². The van der Waals surface area contributed by atoms with Gasteiger partial charge in [-0.25, -0.2) is 4.98 Å². The molecule has 122 valence electrons. The van der Waals surface area contributed by atoms with Crippen LogP contribution in [0.5, 0.6) is 5.75 Å². The number of carboxylic acid groups (broad SMARTS) is 1. The average Bonchev–Trinajstić information content (AvgIpc) is 3.15. The number of aromatic nitrogens is 2. The highest BCUT2D eigenvalue weighted by molar-refractivity contribution is 5.72. The Morgan fingerprint density at radius 1 is 1.43 bits per heavy atom. The van der Waals surface area contributed by atoms with Crippen LogP contribution < -0.4 is 4.74 Å². The second-order valence-electron chi connectivity index (χ2n) is 5.98. The molecule has 0 radical (unpaired) electrons. The number of ether oxygens (including phenoxy) is 1. The number of hydrogen-bond acceptors (Lipinski definition) is 4. The van der Waals surface area contributed by atoms with Crippen LogP contribution in [0.3, 0.4) is 0 Å². The van der Waals surface area contributed by atoms with E-state index in [1.165, 1.54) is 0 Å². The second kappa shape index (κ2) is 6.42. The smallest absolute Gasteiger partial charge is 0.308 e. The Balaban J connectivity index is 1.81. The Bertz CT molecular complexity index is 698. The lowest BCUT2D eigenvalue weighted by Gasteiger charge is -2.16. The van der Waals surface area contributed by atoms with Gasteiger partial charge in [0, 0.05) is 38.4 Å². The highest BCUT2D eigenvalue weighted by Crippen LogP contribution is 2.34. The monoisotopic (exact) mass is 315 g/mol. The third kappa shape index (κ3) is 3.22. The fourth-order valence-corrected chi connectivity index (χ4v) is 3.22. The van der Waals surface area contributed by atoms with Gasteiger partial charge in [0.1, 0.15) is 11.6 Å². The van der Waals surface area contributed by atoms with Crippen LogP contribution in [0.4, 0.5) is 0 Å². The first-order valence-electron chi connectivity index (χ1n) is 7.64. The number of imidazole rings is 1. The first-order chi connectivity index (χ1) is 11.1. The molecular formula is C17H21N3O3. The zero-order chi connectivity index (χ0) is 16.4. The van der Waals surface area contributed by atoms with Crippen molar-refractivity contribution in [3.05, 3.63) is 48.0 Å². The molecule has 23 heavy (non-hydrogen) atoms. The summed E-state index contributed by atoms with van der Waals surface area (Å²) in [7, 11) is 3.57. The van der Waals surface area contributed by atoms with Crippen molar-refractivity contribution >= 4 is 5.97 Å². The van der Waals surface area contributed by atoms with Gasteiger partial charge in [-0.15, -0.1) is 0 Å². The molecule has 0 saturated carbocycles. The average molecular weight is 315 g/mol. The molecule has 1 aliphatic heterocycles. The molecule has 0 bridgehead atoms. The van der Waals surface area contributed by atoms with Crippen LogP contribution in [0.2, 0.25) is 0 Å². The van der Waals surface area contributed by atoms with Crippen molar-refractivity contribution in [1.82, 2.24) is 14.5 Å². The van der Waals surface area contributed by atoms with Crippen molar-refractivity contribution in [3.63, 3.8) is 0 Å².